The number of carbonyl (C=O) groups excluding carboxylic acids is 1. The molecule has 0 aliphatic heterocycles. The third kappa shape index (κ3) is 5.55. The first-order valence-electron chi connectivity index (χ1n) is 9.24. The van der Waals surface area contributed by atoms with Gasteiger partial charge in [0, 0.05) is 18.4 Å². The van der Waals surface area contributed by atoms with Gasteiger partial charge in [-0.05, 0) is 41.8 Å². The van der Waals surface area contributed by atoms with Crippen molar-refractivity contribution >= 4 is 15.6 Å². The summed E-state index contributed by atoms with van der Waals surface area (Å²) in [4.78, 5) is 21.5. The van der Waals surface area contributed by atoms with Crippen molar-refractivity contribution in [3.8, 4) is 0 Å². The Morgan fingerprint density at radius 1 is 1.00 bits per heavy atom. The number of aliphatic hydroxyl groups excluding tert-OH is 1. The van der Waals surface area contributed by atoms with Gasteiger partial charge in [-0.1, -0.05) is 24.3 Å². The maximum atomic E-state index is 13.3. The number of sulfone groups is 1. The molecule has 156 valence electrons. The summed E-state index contributed by atoms with van der Waals surface area (Å²) in [6.45, 7) is -0.235. The second kappa shape index (κ2) is 9.23. The number of benzene rings is 2. The SMILES string of the molecule is CS(=O)(=O)c1ccc(C(Cc2ccc(F)cc2)C(=O)Cc2cnc(CO)cn2)cc1. The van der Waals surface area contributed by atoms with Crippen molar-refractivity contribution in [2.24, 2.45) is 0 Å². The number of hydrogen-bond donors (Lipinski definition) is 1. The van der Waals surface area contributed by atoms with Crippen molar-refractivity contribution in [2.45, 2.75) is 30.3 Å². The van der Waals surface area contributed by atoms with Gasteiger partial charge in [-0.25, -0.2) is 12.8 Å². The van der Waals surface area contributed by atoms with Crippen LogP contribution in [0.1, 0.15) is 28.4 Å². The molecule has 0 bridgehead atoms. The number of aliphatic hydroxyl groups is 1. The normalized spacial score (nSPS) is 12.5. The lowest BCUT2D eigenvalue weighted by atomic mass is 9.86. The summed E-state index contributed by atoms with van der Waals surface area (Å²) in [5, 5.41) is 9.07. The molecule has 1 aromatic heterocycles. The maximum Gasteiger partial charge on any atom is 0.175 e. The number of aromatic nitrogens is 2. The molecule has 1 atom stereocenters. The summed E-state index contributed by atoms with van der Waals surface area (Å²) in [6.07, 6.45) is 4.35. The van der Waals surface area contributed by atoms with Crippen LogP contribution in [0.5, 0.6) is 0 Å². The highest BCUT2D eigenvalue weighted by Crippen LogP contribution is 2.25. The van der Waals surface area contributed by atoms with Crippen LogP contribution < -0.4 is 0 Å². The molecule has 0 amide bonds. The van der Waals surface area contributed by atoms with Gasteiger partial charge in [-0.15, -0.1) is 0 Å². The second-order valence-electron chi connectivity index (χ2n) is 7.02. The van der Waals surface area contributed by atoms with Crippen LogP contribution >= 0.6 is 0 Å². The van der Waals surface area contributed by atoms with Gasteiger partial charge in [0.05, 0.1) is 35.5 Å². The molecular formula is C22H21FN2O4S. The van der Waals surface area contributed by atoms with Crippen LogP contribution in [0.15, 0.2) is 65.8 Å². The number of Topliss-reactive ketones (excluding diaryl/α,β-unsaturated/α-hetero) is 1. The maximum absolute atomic E-state index is 13.3. The van der Waals surface area contributed by atoms with Crippen molar-refractivity contribution < 1.29 is 22.7 Å². The molecule has 1 unspecified atom stereocenters. The second-order valence-corrected chi connectivity index (χ2v) is 9.04. The van der Waals surface area contributed by atoms with Crippen molar-refractivity contribution in [1.29, 1.82) is 0 Å². The number of hydrogen-bond acceptors (Lipinski definition) is 6. The summed E-state index contributed by atoms with van der Waals surface area (Å²) >= 11 is 0. The molecule has 1 heterocycles. The first-order chi connectivity index (χ1) is 14.3. The standard InChI is InChI=1S/C22H21FN2O4S/c1-30(28,29)20-8-4-16(5-9-20)21(10-15-2-6-17(23)7-3-15)22(27)11-18-12-25-19(14-26)13-24-18/h2-9,12-13,21,26H,10-11,14H2,1H3. The molecular weight excluding hydrogens is 407 g/mol. The summed E-state index contributed by atoms with van der Waals surface area (Å²) < 4.78 is 36.7. The summed E-state index contributed by atoms with van der Waals surface area (Å²) in [6, 6.07) is 12.1. The Morgan fingerprint density at radius 2 is 1.60 bits per heavy atom. The molecule has 1 N–H and O–H groups in total. The minimum absolute atomic E-state index is 0.0262. The van der Waals surface area contributed by atoms with Gasteiger partial charge in [-0.3, -0.25) is 14.8 Å². The van der Waals surface area contributed by atoms with E-state index in [1.165, 1.54) is 36.7 Å². The van der Waals surface area contributed by atoms with Crippen molar-refractivity contribution in [3.63, 3.8) is 0 Å². The number of halogens is 1. The van der Waals surface area contributed by atoms with E-state index in [4.69, 9.17) is 5.11 Å². The van der Waals surface area contributed by atoms with Gasteiger partial charge >= 0.3 is 0 Å². The monoisotopic (exact) mass is 428 g/mol. The Morgan fingerprint density at radius 3 is 2.13 bits per heavy atom. The fourth-order valence-electron chi connectivity index (χ4n) is 3.08. The van der Waals surface area contributed by atoms with E-state index in [1.54, 1.807) is 24.3 Å². The number of ketones is 1. The topological polar surface area (TPSA) is 97.2 Å². The average molecular weight is 428 g/mol. The highest BCUT2D eigenvalue weighted by Gasteiger charge is 2.23. The van der Waals surface area contributed by atoms with Crippen molar-refractivity contribution in [1.82, 2.24) is 9.97 Å². The third-order valence-corrected chi connectivity index (χ3v) is 5.86. The first-order valence-corrected chi connectivity index (χ1v) is 11.1. The fraction of sp³-hybridized carbons (Fsp3) is 0.227. The number of rotatable bonds is 8. The van der Waals surface area contributed by atoms with Crippen molar-refractivity contribution in [3.05, 3.63) is 89.3 Å². The quantitative estimate of drug-likeness (QED) is 0.592. The predicted molar refractivity (Wildman–Crippen MR) is 109 cm³/mol. The number of nitrogens with zero attached hydrogens (tertiary/aromatic N) is 2. The van der Waals surface area contributed by atoms with E-state index in [-0.39, 0.29) is 29.5 Å². The zero-order chi connectivity index (χ0) is 21.7. The summed E-state index contributed by atoms with van der Waals surface area (Å²) in [7, 11) is -3.35. The van der Waals surface area contributed by atoms with E-state index in [0.717, 1.165) is 11.8 Å². The highest BCUT2D eigenvalue weighted by molar-refractivity contribution is 7.90. The van der Waals surface area contributed by atoms with Crippen LogP contribution in [0.2, 0.25) is 0 Å². The van der Waals surface area contributed by atoms with E-state index in [1.807, 2.05) is 0 Å². The minimum atomic E-state index is -3.35. The highest BCUT2D eigenvalue weighted by atomic mass is 32.2. The molecule has 2 aromatic carbocycles. The van der Waals surface area contributed by atoms with Gasteiger partial charge in [0.15, 0.2) is 9.84 Å². The zero-order valence-electron chi connectivity index (χ0n) is 16.3. The zero-order valence-corrected chi connectivity index (χ0v) is 17.1. The molecule has 0 aliphatic rings. The molecule has 8 heteroatoms. The van der Waals surface area contributed by atoms with Gasteiger partial charge in [0.25, 0.3) is 0 Å². The molecule has 0 radical (unpaired) electrons. The lowest BCUT2D eigenvalue weighted by Gasteiger charge is -2.17. The summed E-state index contributed by atoms with van der Waals surface area (Å²) in [5.41, 5.74) is 2.32. The lowest BCUT2D eigenvalue weighted by molar-refractivity contribution is -0.119. The van der Waals surface area contributed by atoms with Crippen LogP contribution in [-0.4, -0.2) is 35.5 Å². The smallest absolute Gasteiger partial charge is 0.175 e. The van der Waals surface area contributed by atoms with E-state index >= 15 is 0 Å². The first kappa shape index (κ1) is 21.7. The molecule has 0 spiro atoms. The Bertz CT molecular complexity index is 1110. The van der Waals surface area contributed by atoms with Crippen molar-refractivity contribution in [2.75, 3.05) is 6.26 Å². The molecule has 0 fully saturated rings. The number of carbonyl (C=O) groups is 1. The van der Waals surface area contributed by atoms with Crippen LogP contribution in [0.25, 0.3) is 0 Å². The van der Waals surface area contributed by atoms with Crippen LogP contribution in [-0.2, 0) is 34.1 Å². The molecule has 6 nitrogen and oxygen atoms in total. The van der Waals surface area contributed by atoms with E-state index in [2.05, 4.69) is 9.97 Å². The summed E-state index contributed by atoms with van der Waals surface area (Å²) in [5.74, 6) is -1.06. The van der Waals surface area contributed by atoms with Gasteiger partial charge in [0.2, 0.25) is 0 Å². The molecule has 30 heavy (non-hydrogen) atoms. The van der Waals surface area contributed by atoms with Crippen LogP contribution in [0, 0.1) is 5.82 Å². The predicted octanol–water partition coefficient (Wildman–Crippen LogP) is 2.65. The molecule has 0 aliphatic carbocycles. The molecule has 0 saturated carbocycles. The Kier molecular flexibility index (Phi) is 6.69. The average Bonchev–Trinajstić information content (AvgIpc) is 2.73. The Labute approximate surface area is 174 Å². The van der Waals surface area contributed by atoms with Crippen LogP contribution in [0.3, 0.4) is 0 Å². The van der Waals surface area contributed by atoms with E-state index in [0.29, 0.717) is 23.4 Å². The van der Waals surface area contributed by atoms with Gasteiger partial charge in [-0.2, -0.15) is 0 Å². The molecule has 3 aromatic rings. The van der Waals surface area contributed by atoms with Gasteiger partial charge < -0.3 is 5.11 Å². The largest absolute Gasteiger partial charge is 0.390 e. The lowest BCUT2D eigenvalue weighted by Crippen LogP contribution is -2.18. The fourth-order valence-corrected chi connectivity index (χ4v) is 3.71. The Balaban J connectivity index is 1.89. The molecule has 3 rings (SSSR count). The molecule has 0 saturated heterocycles. The van der Waals surface area contributed by atoms with Gasteiger partial charge in [0.1, 0.15) is 11.6 Å². The van der Waals surface area contributed by atoms with E-state index < -0.39 is 15.8 Å². The third-order valence-electron chi connectivity index (χ3n) is 4.73. The van der Waals surface area contributed by atoms with Crippen LogP contribution in [0.4, 0.5) is 4.39 Å². The minimum Gasteiger partial charge on any atom is -0.390 e. The Hall–Kier alpha value is -2.97. The van der Waals surface area contributed by atoms with E-state index in [9.17, 15) is 17.6 Å².